The molecular formula is C26H49N9O7S. The maximum atomic E-state index is 13.4. The molecule has 0 aliphatic carbocycles. The average molecular weight is 632 g/mol. The molecule has 0 bridgehead atoms. The number of rotatable bonds is 19. The molecule has 0 radical (unpaired) electrons. The van der Waals surface area contributed by atoms with E-state index in [9.17, 15) is 33.9 Å². The highest BCUT2D eigenvalue weighted by Crippen LogP contribution is 2.12. The van der Waals surface area contributed by atoms with Crippen LogP contribution < -0.4 is 43.4 Å². The Kier molecular flexibility index (Phi) is 18.6. The molecule has 6 amide bonds. The van der Waals surface area contributed by atoms with Crippen molar-refractivity contribution in [1.82, 2.24) is 31.9 Å². The molecule has 0 heterocycles. The maximum absolute atomic E-state index is 13.4. The monoisotopic (exact) mass is 631 g/mol. The first-order valence-corrected chi connectivity index (χ1v) is 15.1. The van der Waals surface area contributed by atoms with Gasteiger partial charge in [-0.2, -0.15) is 11.8 Å². The number of carbonyl (C=O) groups excluding carboxylic acids is 6. The summed E-state index contributed by atoms with van der Waals surface area (Å²) in [5, 5.41) is 24.9. The van der Waals surface area contributed by atoms with E-state index in [-0.39, 0.29) is 29.9 Å². The number of nitrogens with zero attached hydrogens (tertiary/aromatic N) is 1. The molecule has 17 heteroatoms. The number of hydrogen-bond acceptors (Lipinski definition) is 9. The molecule has 0 spiro atoms. The molecule has 0 fully saturated rings. The number of hydrogen-bond donors (Lipinski definition) is 9. The molecule has 0 aliphatic rings. The standard InChI is InChI=1S/C26H49N9O7S/c1-13(2)20(25(42)34-18(11-36)23(40)31-15(5)21(38)29-7)35-22(39)17(9-8-10-30-26(27)28)33-24(41)19(32-16(6)37)12-43-14(3)4/h13-15,17-20,36H,8-12H2,1-7H3,(H,29,38)(H,31,40)(H,32,37)(H,33,41)(H,34,42)(H,35,39)(H4,27,28,30)/t15-,17-,18-,19-,20-/m0/s1. The Labute approximate surface area is 257 Å². The average Bonchev–Trinajstić information content (AvgIpc) is 2.92. The Morgan fingerprint density at radius 3 is 1.81 bits per heavy atom. The van der Waals surface area contributed by atoms with Crippen molar-refractivity contribution in [1.29, 1.82) is 0 Å². The van der Waals surface area contributed by atoms with E-state index in [4.69, 9.17) is 11.5 Å². The van der Waals surface area contributed by atoms with Gasteiger partial charge in [0.05, 0.1) is 6.61 Å². The summed E-state index contributed by atoms with van der Waals surface area (Å²) in [6.45, 7) is 9.34. The molecule has 0 aliphatic heterocycles. The van der Waals surface area contributed by atoms with Crippen molar-refractivity contribution in [3.63, 3.8) is 0 Å². The van der Waals surface area contributed by atoms with Crippen LogP contribution in [-0.2, 0) is 28.8 Å². The molecular weight excluding hydrogens is 582 g/mol. The smallest absolute Gasteiger partial charge is 0.245 e. The lowest BCUT2D eigenvalue weighted by Gasteiger charge is -2.28. The lowest BCUT2D eigenvalue weighted by molar-refractivity contribution is -0.136. The summed E-state index contributed by atoms with van der Waals surface area (Å²) in [6.07, 6.45) is 0.403. The summed E-state index contributed by atoms with van der Waals surface area (Å²) in [7, 11) is 1.40. The van der Waals surface area contributed by atoms with Gasteiger partial charge in [0, 0.05) is 26.3 Å². The number of amides is 6. The van der Waals surface area contributed by atoms with Crippen molar-refractivity contribution in [2.24, 2.45) is 22.4 Å². The van der Waals surface area contributed by atoms with Gasteiger partial charge in [-0.05, 0) is 30.9 Å². The van der Waals surface area contributed by atoms with Crippen LogP contribution >= 0.6 is 11.8 Å². The third-order valence-corrected chi connectivity index (χ3v) is 7.12. The van der Waals surface area contributed by atoms with E-state index in [1.165, 1.54) is 32.7 Å². The van der Waals surface area contributed by atoms with Gasteiger partial charge < -0.3 is 48.5 Å². The third-order valence-electron chi connectivity index (χ3n) is 5.93. The van der Waals surface area contributed by atoms with Gasteiger partial charge in [0.2, 0.25) is 35.4 Å². The number of aliphatic hydroxyl groups excluding tert-OH is 1. The van der Waals surface area contributed by atoms with Crippen LogP contribution in [0.1, 0.15) is 54.4 Å². The van der Waals surface area contributed by atoms with Gasteiger partial charge in [-0.3, -0.25) is 33.8 Å². The van der Waals surface area contributed by atoms with Crippen LogP contribution in [0.3, 0.4) is 0 Å². The number of thioether (sulfide) groups is 1. The molecule has 5 atom stereocenters. The van der Waals surface area contributed by atoms with E-state index in [1.807, 2.05) is 13.8 Å². The number of carbonyl (C=O) groups is 6. The van der Waals surface area contributed by atoms with Crippen molar-refractivity contribution < 1.29 is 33.9 Å². The first kappa shape index (κ1) is 39.4. The summed E-state index contributed by atoms with van der Waals surface area (Å²) in [6, 6.07) is -5.52. The molecule has 0 aromatic rings. The fraction of sp³-hybridized carbons (Fsp3) is 0.731. The number of nitrogens with two attached hydrogens (primary N) is 2. The van der Waals surface area contributed by atoms with Gasteiger partial charge >= 0.3 is 0 Å². The molecule has 246 valence electrons. The molecule has 0 aromatic carbocycles. The molecule has 0 unspecified atom stereocenters. The number of aliphatic imine (C=N–C) groups is 1. The topological polar surface area (TPSA) is 259 Å². The summed E-state index contributed by atoms with van der Waals surface area (Å²) in [5.74, 6) is -4.06. The van der Waals surface area contributed by atoms with Gasteiger partial charge in [-0.25, -0.2) is 0 Å². The number of nitrogens with one attached hydrogen (secondary N) is 6. The van der Waals surface area contributed by atoms with E-state index in [1.54, 1.807) is 13.8 Å². The van der Waals surface area contributed by atoms with Crippen molar-refractivity contribution in [2.45, 2.75) is 89.8 Å². The molecule has 11 N–H and O–H groups in total. The van der Waals surface area contributed by atoms with Gasteiger partial charge in [0.25, 0.3) is 0 Å². The van der Waals surface area contributed by atoms with E-state index in [0.717, 1.165) is 0 Å². The Hall–Kier alpha value is -3.60. The molecule has 0 saturated heterocycles. The first-order valence-electron chi connectivity index (χ1n) is 14.0. The zero-order chi connectivity index (χ0) is 33.3. The van der Waals surface area contributed by atoms with Crippen LogP contribution in [-0.4, -0.2) is 108 Å². The third kappa shape index (κ3) is 16.0. The minimum Gasteiger partial charge on any atom is -0.394 e. The highest BCUT2D eigenvalue weighted by atomic mass is 32.2. The first-order chi connectivity index (χ1) is 20.0. The predicted octanol–water partition coefficient (Wildman–Crippen LogP) is -2.96. The van der Waals surface area contributed by atoms with Crippen LogP contribution in [0.4, 0.5) is 0 Å². The van der Waals surface area contributed by atoms with Gasteiger partial charge in [-0.1, -0.05) is 27.7 Å². The summed E-state index contributed by atoms with van der Waals surface area (Å²) in [4.78, 5) is 79.6. The SMILES string of the molecule is CNC(=O)[C@H](C)NC(=O)[C@H](CO)NC(=O)[C@@H](NC(=O)[C@H](CCCN=C(N)N)NC(=O)[C@H](CSC(C)C)NC(C)=O)C(C)C. The second-order valence-corrected chi connectivity index (χ2v) is 12.1. The molecule has 16 nitrogen and oxygen atoms in total. The quantitative estimate of drug-likeness (QED) is 0.0397. The van der Waals surface area contributed by atoms with Crippen LogP contribution in [0.2, 0.25) is 0 Å². The van der Waals surface area contributed by atoms with E-state index in [0.29, 0.717) is 6.42 Å². The van der Waals surface area contributed by atoms with Crippen molar-refractivity contribution in [2.75, 3.05) is 26.0 Å². The second-order valence-electron chi connectivity index (χ2n) is 10.5. The second kappa shape index (κ2) is 20.3. The van der Waals surface area contributed by atoms with Crippen LogP contribution in [0, 0.1) is 5.92 Å². The Balaban J connectivity index is 5.83. The number of guanidine groups is 1. The largest absolute Gasteiger partial charge is 0.394 e. The van der Waals surface area contributed by atoms with E-state index >= 15 is 0 Å². The lowest BCUT2D eigenvalue weighted by atomic mass is 10.0. The van der Waals surface area contributed by atoms with Gasteiger partial charge in [-0.15, -0.1) is 0 Å². The van der Waals surface area contributed by atoms with Crippen molar-refractivity contribution in [3.8, 4) is 0 Å². The molecule has 0 saturated carbocycles. The minimum atomic E-state index is -1.40. The van der Waals surface area contributed by atoms with E-state index < -0.39 is 78.2 Å². The summed E-state index contributed by atoms with van der Waals surface area (Å²) in [5.41, 5.74) is 10.7. The fourth-order valence-electron chi connectivity index (χ4n) is 3.60. The van der Waals surface area contributed by atoms with Gasteiger partial charge in [0.15, 0.2) is 5.96 Å². The predicted molar refractivity (Wildman–Crippen MR) is 164 cm³/mol. The Bertz CT molecular complexity index is 990. The highest BCUT2D eigenvalue weighted by molar-refractivity contribution is 7.99. The highest BCUT2D eigenvalue weighted by Gasteiger charge is 2.33. The van der Waals surface area contributed by atoms with Crippen LogP contribution in [0.5, 0.6) is 0 Å². The van der Waals surface area contributed by atoms with Crippen molar-refractivity contribution >= 4 is 53.2 Å². The minimum absolute atomic E-state index is 0.101. The molecule has 43 heavy (non-hydrogen) atoms. The normalized spacial score (nSPS) is 14.4. The van der Waals surface area contributed by atoms with Gasteiger partial charge in [0.1, 0.15) is 30.2 Å². The van der Waals surface area contributed by atoms with Crippen LogP contribution in [0.15, 0.2) is 4.99 Å². The summed E-state index contributed by atoms with van der Waals surface area (Å²) >= 11 is 1.45. The van der Waals surface area contributed by atoms with E-state index in [2.05, 4.69) is 36.9 Å². The summed E-state index contributed by atoms with van der Waals surface area (Å²) < 4.78 is 0. The Morgan fingerprint density at radius 2 is 1.33 bits per heavy atom. The fourth-order valence-corrected chi connectivity index (χ4v) is 4.41. The zero-order valence-corrected chi connectivity index (χ0v) is 26.8. The lowest BCUT2D eigenvalue weighted by Crippen LogP contribution is -2.60. The Morgan fingerprint density at radius 1 is 0.767 bits per heavy atom. The maximum Gasteiger partial charge on any atom is 0.245 e. The molecule has 0 rings (SSSR count). The number of aliphatic hydroxyl groups is 1. The number of likely N-dealkylation sites (N-methyl/N-ethyl adjacent to an activating group) is 1. The zero-order valence-electron chi connectivity index (χ0n) is 26.0. The molecule has 0 aromatic heterocycles. The van der Waals surface area contributed by atoms with Crippen LogP contribution in [0.25, 0.3) is 0 Å². The van der Waals surface area contributed by atoms with Crippen molar-refractivity contribution in [3.05, 3.63) is 0 Å².